The quantitative estimate of drug-likeness (QED) is 0.729. The van der Waals surface area contributed by atoms with Crippen molar-refractivity contribution in [2.75, 3.05) is 0 Å². The van der Waals surface area contributed by atoms with E-state index in [1.54, 1.807) is 0 Å². The predicted molar refractivity (Wildman–Crippen MR) is 89.3 cm³/mol. The standard InChI is InChI=1S/C16H22Ge2O/c1-11-7-5-9-15(13(11)3)18(19-17)16-10-6-8-12(2)14(16)4/h5-10,18H,1-4,17H3. The van der Waals surface area contributed by atoms with Crippen molar-refractivity contribution in [1.29, 1.82) is 0 Å². The van der Waals surface area contributed by atoms with E-state index in [4.69, 9.17) is 2.79 Å². The molecule has 2 aromatic rings. The monoisotopic (exact) mass is 378 g/mol. The van der Waals surface area contributed by atoms with E-state index in [1.807, 2.05) is 0 Å². The topological polar surface area (TPSA) is 9.23 Å². The minimum atomic E-state index is -2.03. The molecule has 0 radical (unpaired) electrons. The van der Waals surface area contributed by atoms with Gasteiger partial charge in [0, 0.05) is 0 Å². The van der Waals surface area contributed by atoms with Gasteiger partial charge in [0.1, 0.15) is 0 Å². The fourth-order valence-electron chi connectivity index (χ4n) is 2.54. The first-order valence-corrected chi connectivity index (χ1v) is 11.8. The van der Waals surface area contributed by atoms with Crippen molar-refractivity contribution in [1.82, 2.24) is 0 Å². The van der Waals surface area contributed by atoms with Gasteiger partial charge in [-0.3, -0.25) is 0 Å². The molecule has 19 heavy (non-hydrogen) atoms. The molecule has 1 nitrogen and oxygen atoms in total. The van der Waals surface area contributed by atoms with Gasteiger partial charge in [0.25, 0.3) is 0 Å². The minimum absolute atomic E-state index is 0.448. The van der Waals surface area contributed by atoms with Crippen molar-refractivity contribution in [2.45, 2.75) is 27.7 Å². The molecule has 0 saturated heterocycles. The van der Waals surface area contributed by atoms with Crippen LogP contribution in [-0.4, -0.2) is 31.5 Å². The molecule has 0 spiro atoms. The molecule has 0 aliphatic rings. The van der Waals surface area contributed by atoms with Crippen LogP contribution in [-0.2, 0) is 2.79 Å². The molecule has 3 heteroatoms. The van der Waals surface area contributed by atoms with Crippen LogP contribution >= 0.6 is 0 Å². The summed E-state index contributed by atoms with van der Waals surface area (Å²) >= 11 is -1.58. The Hall–Kier alpha value is -0.514. The number of hydrogen-bond donors (Lipinski definition) is 0. The molecule has 0 aliphatic carbocycles. The predicted octanol–water partition coefficient (Wildman–Crippen LogP) is 1.06. The summed E-state index contributed by atoms with van der Waals surface area (Å²) in [4.78, 5) is 0. The van der Waals surface area contributed by atoms with Crippen molar-refractivity contribution < 1.29 is 2.79 Å². The van der Waals surface area contributed by atoms with Crippen LogP contribution in [0.1, 0.15) is 22.3 Å². The molecule has 0 amide bonds. The summed E-state index contributed by atoms with van der Waals surface area (Å²) in [7, 11) is 0. The Kier molecular flexibility index (Phi) is 4.93. The van der Waals surface area contributed by atoms with Crippen LogP contribution in [0.3, 0.4) is 0 Å². The van der Waals surface area contributed by atoms with Gasteiger partial charge in [-0.25, -0.2) is 0 Å². The second kappa shape index (κ2) is 6.29. The maximum absolute atomic E-state index is 6.17. The van der Waals surface area contributed by atoms with E-state index in [2.05, 4.69) is 64.1 Å². The Morgan fingerprint density at radius 1 is 0.789 bits per heavy atom. The van der Waals surface area contributed by atoms with Crippen molar-refractivity contribution in [3.8, 4) is 0 Å². The van der Waals surface area contributed by atoms with Gasteiger partial charge in [-0.1, -0.05) is 0 Å². The molecular formula is C16H22Ge2O. The molecule has 0 heterocycles. The van der Waals surface area contributed by atoms with Crippen LogP contribution < -0.4 is 8.79 Å². The first-order valence-electron chi connectivity index (χ1n) is 6.71. The van der Waals surface area contributed by atoms with Crippen LogP contribution in [0.25, 0.3) is 0 Å². The van der Waals surface area contributed by atoms with Gasteiger partial charge < -0.3 is 0 Å². The third-order valence-corrected chi connectivity index (χ3v) is 15.2. The third-order valence-electron chi connectivity index (χ3n) is 4.09. The summed E-state index contributed by atoms with van der Waals surface area (Å²) in [5.41, 5.74) is 5.61. The molecule has 2 aromatic carbocycles. The fourth-order valence-corrected chi connectivity index (χ4v) is 13.6. The molecule has 0 saturated carbocycles. The summed E-state index contributed by atoms with van der Waals surface area (Å²) in [6, 6.07) is 13.3. The molecule has 0 aromatic heterocycles. The second-order valence-corrected chi connectivity index (χ2v) is 15.5. The Bertz CT molecular complexity index is 542. The second-order valence-electron chi connectivity index (χ2n) is 5.19. The molecule has 0 fully saturated rings. The number of rotatable bonds is 3. The molecule has 0 bridgehead atoms. The number of benzene rings is 2. The zero-order valence-electron chi connectivity index (χ0n) is 12.4. The van der Waals surface area contributed by atoms with E-state index >= 15 is 0 Å². The van der Waals surface area contributed by atoms with Gasteiger partial charge in [-0.05, 0) is 0 Å². The molecule has 0 unspecified atom stereocenters. The summed E-state index contributed by atoms with van der Waals surface area (Å²) in [6.07, 6.45) is 0. The van der Waals surface area contributed by atoms with E-state index in [-0.39, 0.29) is 0 Å². The summed E-state index contributed by atoms with van der Waals surface area (Å²) in [5, 5.41) is 0. The number of hydrogen-bond acceptors (Lipinski definition) is 1. The maximum atomic E-state index is 6.17. The third kappa shape index (κ3) is 2.98. The summed E-state index contributed by atoms with van der Waals surface area (Å²) < 4.78 is 9.16. The van der Waals surface area contributed by atoms with Crippen molar-refractivity contribution in [2.24, 2.45) is 0 Å². The van der Waals surface area contributed by atoms with Gasteiger partial charge >= 0.3 is 129 Å². The van der Waals surface area contributed by atoms with Gasteiger partial charge in [0.2, 0.25) is 0 Å². The van der Waals surface area contributed by atoms with Crippen LogP contribution in [0.5, 0.6) is 0 Å². The normalized spacial score (nSPS) is 11.2. The molecule has 0 atom stereocenters. The first kappa shape index (κ1) is 14.9. The zero-order chi connectivity index (χ0) is 14.0. The Morgan fingerprint density at radius 3 is 1.58 bits per heavy atom. The Labute approximate surface area is 129 Å². The molecule has 100 valence electrons. The van der Waals surface area contributed by atoms with Gasteiger partial charge in [-0.2, -0.15) is 0 Å². The Balaban J connectivity index is 2.57. The summed E-state index contributed by atoms with van der Waals surface area (Å²) in [6.45, 7) is 8.86. The average Bonchev–Trinajstić information content (AvgIpc) is 2.40. The Morgan fingerprint density at radius 2 is 1.21 bits per heavy atom. The first-order chi connectivity index (χ1) is 9.06. The SMILES string of the molecule is Cc1ccc[c]([GeH]([O][GeH3])[c]2cccc(C)c2C)c1C. The molecule has 0 aliphatic heterocycles. The molecule has 0 N–H and O–H groups in total. The fraction of sp³-hybridized carbons (Fsp3) is 0.250. The van der Waals surface area contributed by atoms with E-state index in [1.165, 1.54) is 31.0 Å². The van der Waals surface area contributed by atoms with Crippen LogP contribution in [0.2, 0.25) is 0 Å². The average molecular weight is 376 g/mol. The van der Waals surface area contributed by atoms with Crippen molar-refractivity contribution in [3.05, 3.63) is 58.7 Å². The van der Waals surface area contributed by atoms with E-state index in [9.17, 15) is 0 Å². The summed E-state index contributed by atoms with van der Waals surface area (Å²) in [5.74, 6) is 0. The van der Waals surface area contributed by atoms with Crippen LogP contribution in [0.4, 0.5) is 0 Å². The molecular weight excluding hydrogens is 353 g/mol. The molecule has 2 rings (SSSR count). The van der Waals surface area contributed by atoms with Gasteiger partial charge in [0.05, 0.1) is 0 Å². The number of aryl methyl sites for hydroxylation is 2. The van der Waals surface area contributed by atoms with E-state index < -0.39 is 14.7 Å². The van der Waals surface area contributed by atoms with Crippen LogP contribution in [0, 0.1) is 27.7 Å². The van der Waals surface area contributed by atoms with Crippen molar-refractivity contribution >= 4 is 40.3 Å². The van der Waals surface area contributed by atoms with E-state index in [0.717, 1.165) is 0 Å². The van der Waals surface area contributed by atoms with Gasteiger partial charge in [-0.15, -0.1) is 0 Å². The van der Waals surface area contributed by atoms with E-state index in [0.29, 0.717) is 16.9 Å². The van der Waals surface area contributed by atoms with Gasteiger partial charge in [0.15, 0.2) is 0 Å². The zero-order valence-corrected chi connectivity index (χ0v) is 19.1. The van der Waals surface area contributed by atoms with Crippen LogP contribution in [0.15, 0.2) is 36.4 Å². The van der Waals surface area contributed by atoms with Crippen molar-refractivity contribution in [3.63, 3.8) is 0 Å².